The van der Waals surface area contributed by atoms with Crippen LogP contribution in [0.3, 0.4) is 0 Å². The van der Waals surface area contributed by atoms with E-state index < -0.39 is 0 Å². The van der Waals surface area contributed by atoms with E-state index in [1.54, 1.807) is 12.4 Å². The Kier molecular flexibility index (Phi) is 4.88. The fourth-order valence-electron chi connectivity index (χ4n) is 2.26. The summed E-state index contributed by atoms with van der Waals surface area (Å²) in [6, 6.07) is 9.61. The first kappa shape index (κ1) is 15.5. The highest BCUT2D eigenvalue weighted by Crippen LogP contribution is 2.27. The molecule has 1 N–H and O–H groups in total. The Labute approximate surface area is 139 Å². The number of rotatable bonds is 6. The fraction of sp³-hybridized carbons (Fsp3) is 0.235. The lowest BCUT2D eigenvalue weighted by Crippen LogP contribution is -2.01. The molecule has 0 unspecified atom stereocenters. The first-order valence-corrected chi connectivity index (χ1v) is 7.94. The van der Waals surface area contributed by atoms with E-state index in [0.29, 0.717) is 18.3 Å². The number of ether oxygens (including phenoxy) is 1. The number of halogens is 1. The fourth-order valence-corrected chi connectivity index (χ4v) is 2.37. The molecule has 0 spiro atoms. The summed E-state index contributed by atoms with van der Waals surface area (Å²) in [6.07, 6.45) is 4.30. The van der Waals surface area contributed by atoms with E-state index in [-0.39, 0.29) is 0 Å². The van der Waals surface area contributed by atoms with E-state index in [1.165, 1.54) is 0 Å². The predicted octanol–water partition coefficient (Wildman–Crippen LogP) is 3.74. The Morgan fingerprint density at radius 2 is 2.13 bits per heavy atom. The lowest BCUT2D eigenvalue weighted by atomic mass is 10.2. The van der Waals surface area contributed by atoms with E-state index in [2.05, 4.69) is 20.3 Å². The van der Waals surface area contributed by atoms with Crippen molar-refractivity contribution >= 4 is 28.3 Å². The van der Waals surface area contributed by atoms with E-state index in [0.717, 1.165) is 34.5 Å². The van der Waals surface area contributed by atoms with E-state index in [9.17, 15) is 0 Å². The minimum atomic E-state index is 0.590. The van der Waals surface area contributed by atoms with Crippen LogP contribution in [0.5, 0.6) is 5.75 Å². The first-order chi connectivity index (χ1) is 11.3. The van der Waals surface area contributed by atoms with E-state index in [1.807, 2.05) is 37.4 Å². The van der Waals surface area contributed by atoms with Gasteiger partial charge in [0.05, 0.1) is 12.1 Å². The number of nitrogens with zero attached hydrogens (tertiary/aromatic N) is 3. The van der Waals surface area contributed by atoms with Crippen LogP contribution in [0.25, 0.3) is 22.3 Å². The molecule has 0 aliphatic carbocycles. The van der Waals surface area contributed by atoms with Gasteiger partial charge in [0, 0.05) is 36.3 Å². The van der Waals surface area contributed by atoms with Crippen molar-refractivity contribution in [1.29, 1.82) is 0 Å². The average molecular weight is 329 g/mol. The topological polar surface area (TPSA) is 59.9 Å². The largest absolute Gasteiger partial charge is 0.494 e. The van der Waals surface area contributed by atoms with Gasteiger partial charge in [0.15, 0.2) is 5.82 Å². The van der Waals surface area contributed by atoms with Crippen LogP contribution >= 0.6 is 11.6 Å². The maximum Gasteiger partial charge on any atom is 0.163 e. The highest BCUT2D eigenvalue weighted by atomic mass is 35.5. The van der Waals surface area contributed by atoms with Crippen LogP contribution in [0.15, 0.2) is 42.7 Å². The summed E-state index contributed by atoms with van der Waals surface area (Å²) in [5, 5.41) is 4.05. The lowest BCUT2D eigenvalue weighted by Gasteiger charge is -2.10. The predicted molar refractivity (Wildman–Crippen MR) is 93.1 cm³/mol. The third-order valence-electron chi connectivity index (χ3n) is 3.37. The van der Waals surface area contributed by atoms with Crippen molar-refractivity contribution < 1.29 is 4.74 Å². The summed E-state index contributed by atoms with van der Waals surface area (Å²) in [7, 11) is 1.84. The van der Waals surface area contributed by atoms with Gasteiger partial charge in [0.25, 0.3) is 0 Å². The standard InChI is InChI=1S/C17H17ClN4O/c1-19-17-14-10-13(23-9-3-7-18)5-6-15(14)21-16(22-17)12-4-2-8-20-11-12/h2,4-6,8,10-11H,3,7,9H2,1H3,(H,19,21,22). The van der Waals surface area contributed by atoms with Gasteiger partial charge in [-0.3, -0.25) is 4.98 Å². The van der Waals surface area contributed by atoms with Gasteiger partial charge in [0.2, 0.25) is 0 Å². The molecular formula is C17H17ClN4O. The molecule has 3 rings (SSSR count). The Morgan fingerprint density at radius 1 is 1.22 bits per heavy atom. The molecule has 6 heteroatoms. The molecular weight excluding hydrogens is 312 g/mol. The molecule has 0 aliphatic rings. The number of hydrogen-bond acceptors (Lipinski definition) is 5. The molecule has 1 aromatic carbocycles. The van der Waals surface area contributed by atoms with Crippen LogP contribution in [-0.2, 0) is 0 Å². The van der Waals surface area contributed by atoms with Crippen molar-refractivity contribution in [1.82, 2.24) is 15.0 Å². The SMILES string of the molecule is CNc1nc(-c2cccnc2)nc2ccc(OCCCCl)cc12. The van der Waals surface area contributed by atoms with Crippen molar-refractivity contribution in [2.75, 3.05) is 24.9 Å². The molecule has 118 valence electrons. The lowest BCUT2D eigenvalue weighted by molar-refractivity contribution is 0.319. The number of nitrogens with one attached hydrogen (secondary N) is 1. The minimum Gasteiger partial charge on any atom is -0.494 e. The summed E-state index contributed by atoms with van der Waals surface area (Å²) >= 11 is 5.67. The molecule has 3 aromatic rings. The van der Waals surface area contributed by atoms with Gasteiger partial charge in [-0.2, -0.15) is 0 Å². The number of fused-ring (bicyclic) bond motifs is 1. The van der Waals surface area contributed by atoms with Gasteiger partial charge in [-0.25, -0.2) is 9.97 Å². The maximum absolute atomic E-state index is 5.69. The first-order valence-electron chi connectivity index (χ1n) is 7.40. The van der Waals surface area contributed by atoms with Crippen LogP contribution in [0.4, 0.5) is 5.82 Å². The van der Waals surface area contributed by atoms with Gasteiger partial charge in [-0.15, -0.1) is 11.6 Å². The summed E-state index contributed by atoms with van der Waals surface area (Å²) < 4.78 is 5.69. The van der Waals surface area contributed by atoms with E-state index in [4.69, 9.17) is 16.3 Å². The zero-order valence-corrected chi connectivity index (χ0v) is 13.5. The maximum atomic E-state index is 5.69. The third kappa shape index (κ3) is 3.51. The zero-order valence-electron chi connectivity index (χ0n) is 12.8. The highest BCUT2D eigenvalue weighted by molar-refractivity contribution is 6.17. The number of benzene rings is 1. The van der Waals surface area contributed by atoms with Gasteiger partial charge < -0.3 is 10.1 Å². The van der Waals surface area contributed by atoms with E-state index >= 15 is 0 Å². The normalized spacial score (nSPS) is 10.7. The van der Waals surface area contributed by atoms with Gasteiger partial charge in [-0.05, 0) is 36.8 Å². The minimum absolute atomic E-state index is 0.590. The van der Waals surface area contributed by atoms with Crippen LogP contribution in [0.2, 0.25) is 0 Å². The number of aromatic nitrogens is 3. The molecule has 0 saturated heterocycles. The van der Waals surface area contributed by atoms with Crippen molar-refractivity contribution in [3.8, 4) is 17.1 Å². The van der Waals surface area contributed by atoms with Crippen LogP contribution in [-0.4, -0.2) is 34.5 Å². The molecule has 2 heterocycles. The second-order valence-electron chi connectivity index (χ2n) is 4.96. The number of alkyl halides is 1. The van der Waals surface area contributed by atoms with Crippen molar-refractivity contribution in [3.63, 3.8) is 0 Å². The Balaban J connectivity index is 2.01. The molecule has 0 amide bonds. The molecule has 2 aromatic heterocycles. The monoisotopic (exact) mass is 328 g/mol. The van der Waals surface area contributed by atoms with Crippen LogP contribution < -0.4 is 10.1 Å². The number of anilines is 1. The van der Waals surface area contributed by atoms with Crippen molar-refractivity contribution in [2.24, 2.45) is 0 Å². The smallest absolute Gasteiger partial charge is 0.163 e. The summed E-state index contributed by atoms with van der Waals surface area (Å²) in [5.41, 5.74) is 1.74. The molecule has 0 aliphatic heterocycles. The second-order valence-corrected chi connectivity index (χ2v) is 5.34. The van der Waals surface area contributed by atoms with Crippen molar-refractivity contribution in [3.05, 3.63) is 42.7 Å². The molecule has 0 bridgehead atoms. The summed E-state index contributed by atoms with van der Waals surface area (Å²) in [6.45, 7) is 0.596. The molecule has 23 heavy (non-hydrogen) atoms. The number of hydrogen-bond donors (Lipinski definition) is 1. The third-order valence-corrected chi connectivity index (χ3v) is 3.64. The van der Waals surface area contributed by atoms with Gasteiger partial charge in [-0.1, -0.05) is 0 Å². The van der Waals surface area contributed by atoms with Gasteiger partial charge in [0.1, 0.15) is 11.6 Å². The Hall–Kier alpha value is -2.40. The van der Waals surface area contributed by atoms with Gasteiger partial charge >= 0.3 is 0 Å². The molecule has 0 saturated carbocycles. The summed E-state index contributed by atoms with van der Waals surface area (Å²) in [5.74, 6) is 2.78. The summed E-state index contributed by atoms with van der Waals surface area (Å²) in [4.78, 5) is 13.3. The Morgan fingerprint density at radius 3 is 2.87 bits per heavy atom. The zero-order chi connectivity index (χ0) is 16.1. The van der Waals surface area contributed by atoms with Crippen LogP contribution in [0, 0.1) is 0 Å². The van der Waals surface area contributed by atoms with Crippen molar-refractivity contribution in [2.45, 2.75) is 6.42 Å². The molecule has 5 nitrogen and oxygen atoms in total. The molecule has 0 atom stereocenters. The van der Waals surface area contributed by atoms with Crippen LogP contribution in [0.1, 0.15) is 6.42 Å². The number of pyridine rings is 1. The molecule has 0 radical (unpaired) electrons. The molecule has 0 fully saturated rings. The highest BCUT2D eigenvalue weighted by Gasteiger charge is 2.10. The second kappa shape index (κ2) is 7.24. The quantitative estimate of drug-likeness (QED) is 0.551. The Bertz CT molecular complexity index is 795. The average Bonchev–Trinajstić information content (AvgIpc) is 2.61.